The topological polar surface area (TPSA) is 63.4 Å². The molecule has 0 bridgehead atoms. The Balaban J connectivity index is 2.49. The van der Waals surface area contributed by atoms with Crippen molar-refractivity contribution in [2.75, 3.05) is 6.54 Å². The molecule has 0 aliphatic carbocycles. The maximum absolute atomic E-state index is 12.7. The lowest BCUT2D eigenvalue weighted by Gasteiger charge is -2.22. The summed E-state index contributed by atoms with van der Waals surface area (Å²) >= 11 is 12.1. The van der Waals surface area contributed by atoms with Crippen molar-refractivity contribution in [3.63, 3.8) is 0 Å². The molecule has 1 aromatic rings. The number of benzene rings is 1. The molecule has 1 fully saturated rings. The summed E-state index contributed by atoms with van der Waals surface area (Å²) in [5.74, 6) is 0.347. The van der Waals surface area contributed by atoms with E-state index < -0.39 is 10.0 Å². The van der Waals surface area contributed by atoms with Crippen molar-refractivity contribution >= 4 is 33.2 Å². The molecule has 2 N–H and O–H groups in total. The number of nitrogens with two attached hydrogens (primary N) is 1. The van der Waals surface area contributed by atoms with E-state index in [1.807, 2.05) is 13.8 Å². The summed E-state index contributed by atoms with van der Waals surface area (Å²) in [5, 5.41) is 0.526. The fourth-order valence-electron chi connectivity index (χ4n) is 2.65. The van der Waals surface area contributed by atoms with Gasteiger partial charge >= 0.3 is 0 Å². The van der Waals surface area contributed by atoms with Crippen LogP contribution in [0.25, 0.3) is 0 Å². The minimum Gasteiger partial charge on any atom is -0.326 e. The molecule has 0 amide bonds. The van der Waals surface area contributed by atoms with Gasteiger partial charge in [-0.3, -0.25) is 0 Å². The predicted octanol–water partition coefficient (Wildman–Crippen LogP) is 2.87. The van der Waals surface area contributed by atoms with E-state index in [4.69, 9.17) is 28.9 Å². The normalized spacial score (nSPS) is 24.2. The molecule has 112 valence electrons. The van der Waals surface area contributed by atoms with Crippen LogP contribution in [0.2, 0.25) is 10.0 Å². The van der Waals surface area contributed by atoms with Crippen molar-refractivity contribution in [3.05, 3.63) is 27.7 Å². The van der Waals surface area contributed by atoms with Gasteiger partial charge < -0.3 is 5.73 Å². The van der Waals surface area contributed by atoms with Gasteiger partial charge in [-0.25, -0.2) is 8.42 Å². The lowest BCUT2D eigenvalue weighted by molar-refractivity contribution is 0.405. The zero-order valence-corrected chi connectivity index (χ0v) is 13.8. The van der Waals surface area contributed by atoms with Gasteiger partial charge in [0.05, 0.1) is 5.02 Å². The number of hydrogen-bond acceptors (Lipinski definition) is 3. The van der Waals surface area contributed by atoms with Crippen LogP contribution in [0.15, 0.2) is 17.0 Å². The molecule has 0 saturated carbocycles. The zero-order chi connectivity index (χ0) is 15.1. The van der Waals surface area contributed by atoms with Crippen LogP contribution in [0.1, 0.15) is 25.8 Å². The summed E-state index contributed by atoms with van der Waals surface area (Å²) in [7, 11) is -3.61. The molecule has 2 atom stereocenters. The van der Waals surface area contributed by atoms with Crippen LogP contribution in [0, 0.1) is 5.92 Å². The molecule has 1 heterocycles. The highest BCUT2D eigenvalue weighted by molar-refractivity contribution is 7.89. The largest absolute Gasteiger partial charge is 0.326 e. The highest BCUT2D eigenvalue weighted by atomic mass is 35.5. The van der Waals surface area contributed by atoms with E-state index in [0.717, 1.165) is 6.42 Å². The van der Waals surface area contributed by atoms with Crippen LogP contribution >= 0.6 is 23.2 Å². The van der Waals surface area contributed by atoms with Gasteiger partial charge in [-0.2, -0.15) is 4.31 Å². The molecule has 20 heavy (non-hydrogen) atoms. The smallest absolute Gasteiger partial charge is 0.244 e. The Bertz CT molecular complexity index is 619. The molecule has 1 aliphatic rings. The summed E-state index contributed by atoms with van der Waals surface area (Å²) in [6, 6.07) is 2.90. The van der Waals surface area contributed by atoms with Crippen molar-refractivity contribution in [2.24, 2.45) is 11.7 Å². The van der Waals surface area contributed by atoms with E-state index in [2.05, 4.69) is 0 Å². The van der Waals surface area contributed by atoms with Gasteiger partial charge in [0.15, 0.2) is 0 Å². The average molecular weight is 337 g/mol. The second-order valence-corrected chi connectivity index (χ2v) is 8.02. The van der Waals surface area contributed by atoms with E-state index in [1.165, 1.54) is 16.4 Å². The van der Waals surface area contributed by atoms with Gasteiger partial charge in [0.1, 0.15) is 4.90 Å². The fraction of sp³-hybridized carbons (Fsp3) is 0.538. The van der Waals surface area contributed by atoms with E-state index in [9.17, 15) is 8.42 Å². The lowest BCUT2D eigenvalue weighted by atomic mass is 10.1. The third-order valence-corrected chi connectivity index (χ3v) is 6.43. The third kappa shape index (κ3) is 2.83. The fourth-order valence-corrected chi connectivity index (χ4v) is 5.26. The third-order valence-electron chi connectivity index (χ3n) is 3.63. The van der Waals surface area contributed by atoms with Gasteiger partial charge in [-0.15, -0.1) is 0 Å². The molecule has 1 saturated heterocycles. The molecule has 1 aliphatic heterocycles. The summed E-state index contributed by atoms with van der Waals surface area (Å²) in [4.78, 5) is 0.0879. The zero-order valence-electron chi connectivity index (χ0n) is 11.4. The highest BCUT2D eigenvalue weighted by Gasteiger charge is 2.37. The first-order valence-electron chi connectivity index (χ1n) is 6.47. The van der Waals surface area contributed by atoms with Crippen molar-refractivity contribution in [2.45, 2.75) is 37.8 Å². The predicted molar refractivity (Wildman–Crippen MR) is 81.5 cm³/mol. The average Bonchev–Trinajstić information content (AvgIpc) is 2.69. The Hall–Kier alpha value is -0.330. The number of hydrogen-bond donors (Lipinski definition) is 1. The Morgan fingerprint density at radius 1 is 1.30 bits per heavy atom. The Labute approximate surface area is 129 Å². The summed E-state index contributed by atoms with van der Waals surface area (Å²) in [6.45, 7) is 4.64. The number of nitrogens with zero attached hydrogens (tertiary/aromatic N) is 1. The Kier molecular flexibility index (Phi) is 4.66. The van der Waals surface area contributed by atoms with Gasteiger partial charge in [0.25, 0.3) is 0 Å². The van der Waals surface area contributed by atoms with Crippen LogP contribution in [-0.4, -0.2) is 25.3 Å². The van der Waals surface area contributed by atoms with Crippen molar-refractivity contribution in [1.29, 1.82) is 0 Å². The molecular formula is C13H18Cl2N2O2S. The SMILES string of the molecule is CC1CC(C)N(S(=O)(=O)c2cc(CN)c(Cl)cc2Cl)C1. The van der Waals surface area contributed by atoms with E-state index in [0.29, 0.717) is 23.0 Å². The van der Waals surface area contributed by atoms with Gasteiger partial charge in [0.2, 0.25) is 10.0 Å². The van der Waals surface area contributed by atoms with Crippen molar-refractivity contribution < 1.29 is 8.42 Å². The molecular weight excluding hydrogens is 319 g/mol. The highest BCUT2D eigenvalue weighted by Crippen LogP contribution is 2.34. The Morgan fingerprint density at radius 2 is 1.95 bits per heavy atom. The summed E-state index contributed by atoms with van der Waals surface area (Å²) < 4.78 is 27.0. The van der Waals surface area contributed by atoms with E-state index >= 15 is 0 Å². The minimum atomic E-state index is -3.61. The standard InChI is InChI=1S/C13H18Cl2N2O2S/c1-8-3-9(2)17(7-8)20(18,19)13-4-10(6-16)11(14)5-12(13)15/h4-5,8-9H,3,6-7,16H2,1-2H3. The molecule has 7 heteroatoms. The van der Waals surface area contributed by atoms with Crippen LogP contribution in [0.5, 0.6) is 0 Å². The van der Waals surface area contributed by atoms with E-state index in [-0.39, 0.29) is 22.5 Å². The summed E-state index contributed by atoms with van der Waals surface area (Å²) in [6.07, 6.45) is 0.855. The monoisotopic (exact) mass is 336 g/mol. The summed E-state index contributed by atoms with van der Waals surface area (Å²) in [5.41, 5.74) is 6.16. The quantitative estimate of drug-likeness (QED) is 0.922. The van der Waals surface area contributed by atoms with Gasteiger partial charge in [-0.05, 0) is 37.0 Å². The van der Waals surface area contributed by atoms with Crippen molar-refractivity contribution in [1.82, 2.24) is 4.31 Å². The number of sulfonamides is 1. The second kappa shape index (κ2) is 5.81. The molecule has 4 nitrogen and oxygen atoms in total. The van der Waals surface area contributed by atoms with Crippen LogP contribution in [0.3, 0.4) is 0 Å². The first-order chi connectivity index (χ1) is 9.27. The maximum atomic E-state index is 12.7. The molecule has 2 rings (SSSR count). The van der Waals surface area contributed by atoms with E-state index in [1.54, 1.807) is 0 Å². The lowest BCUT2D eigenvalue weighted by Crippen LogP contribution is -2.34. The molecule has 2 unspecified atom stereocenters. The number of rotatable bonds is 3. The first kappa shape index (κ1) is 16.0. The minimum absolute atomic E-state index is 0.0249. The molecule has 0 radical (unpaired) electrons. The van der Waals surface area contributed by atoms with Crippen LogP contribution in [-0.2, 0) is 16.6 Å². The van der Waals surface area contributed by atoms with Gasteiger partial charge in [-0.1, -0.05) is 30.1 Å². The van der Waals surface area contributed by atoms with Crippen LogP contribution < -0.4 is 5.73 Å². The molecule has 0 aromatic heterocycles. The molecule has 0 spiro atoms. The number of halogens is 2. The first-order valence-corrected chi connectivity index (χ1v) is 8.66. The maximum Gasteiger partial charge on any atom is 0.244 e. The van der Waals surface area contributed by atoms with Crippen molar-refractivity contribution in [3.8, 4) is 0 Å². The van der Waals surface area contributed by atoms with Crippen LogP contribution in [0.4, 0.5) is 0 Å². The van der Waals surface area contributed by atoms with Gasteiger partial charge in [0, 0.05) is 24.2 Å². The Morgan fingerprint density at radius 3 is 2.45 bits per heavy atom. The second-order valence-electron chi connectivity index (χ2n) is 5.34. The molecule has 1 aromatic carbocycles.